The van der Waals surface area contributed by atoms with E-state index in [9.17, 15) is 4.79 Å². The van der Waals surface area contributed by atoms with Crippen LogP contribution in [0.3, 0.4) is 0 Å². The van der Waals surface area contributed by atoms with Gasteiger partial charge in [0.15, 0.2) is 0 Å². The van der Waals surface area contributed by atoms with Crippen molar-refractivity contribution in [2.45, 2.75) is 44.3 Å². The smallest absolute Gasteiger partial charge is 0.237 e. The number of nitrogens with zero attached hydrogens (tertiary/aromatic N) is 1. The van der Waals surface area contributed by atoms with Gasteiger partial charge in [0.1, 0.15) is 0 Å². The normalized spacial score (nSPS) is 23.4. The lowest BCUT2D eigenvalue weighted by Crippen LogP contribution is -2.50. The first-order chi connectivity index (χ1) is 11.6. The van der Waals surface area contributed by atoms with Crippen LogP contribution in [0.25, 0.3) is 0 Å². The lowest BCUT2D eigenvalue weighted by molar-refractivity contribution is -0.125. The van der Waals surface area contributed by atoms with Crippen LogP contribution in [0.1, 0.15) is 37.8 Å². The zero-order chi connectivity index (χ0) is 16.9. The van der Waals surface area contributed by atoms with E-state index < -0.39 is 6.04 Å². The highest BCUT2D eigenvalue weighted by Crippen LogP contribution is 2.25. The van der Waals surface area contributed by atoms with E-state index in [0.717, 1.165) is 45.6 Å². The van der Waals surface area contributed by atoms with E-state index >= 15 is 0 Å². The van der Waals surface area contributed by atoms with Crippen LogP contribution in [-0.4, -0.2) is 49.2 Å². The Morgan fingerprint density at radius 2 is 1.85 bits per heavy atom. The summed E-state index contributed by atoms with van der Waals surface area (Å²) < 4.78 is 5.35. The number of nitrogens with one attached hydrogen (secondary N) is 1. The predicted molar refractivity (Wildman–Crippen MR) is 109 cm³/mol. The van der Waals surface area contributed by atoms with E-state index in [0.29, 0.717) is 6.04 Å². The second-order valence-corrected chi connectivity index (χ2v) is 7.05. The van der Waals surface area contributed by atoms with Crippen LogP contribution in [0, 0.1) is 5.92 Å². The molecule has 3 atom stereocenters. The van der Waals surface area contributed by atoms with Crippen molar-refractivity contribution in [3.05, 3.63) is 35.9 Å². The number of hydrogen-bond acceptors (Lipinski definition) is 4. The predicted octanol–water partition coefficient (Wildman–Crippen LogP) is 2.54. The fraction of sp³-hybridized carbons (Fsp3) is 0.632. The molecule has 26 heavy (non-hydrogen) atoms. The molecule has 3 N–H and O–H groups in total. The Bertz CT molecular complexity index is 541. The van der Waals surface area contributed by atoms with Gasteiger partial charge in [0, 0.05) is 38.4 Å². The minimum atomic E-state index is -0.408. The van der Waals surface area contributed by atoms with Crippen molar-refractivity contribution in [2.75, 3.05) is 26.3 Å². The van der Waals surface area contributed by atoms with Crippen LogP contribution in [0.2, 0.25) is 0 Å². The number of benzene rings is 1. The second-order valence-electron chi connectivity index (χ2n) is 7.05. The first kappa shape index (κ1) is 23.2. The summed E-state index contributed by atoms with van der Waals surface area (Å²) >= 11 is 0. The Morgan fingerprint density at radius 3 is 2.50 bits per heavy atom. The largest absolute Gasteiger partial charge is 0.381 e. The molecule has 0 aliphatic carbocycles. The highest BCUT2D eigenvalue weighted by molar-refractivity contribution is 5.85. The summed E-state index contributed by atoms with van der Waals surface area (Å²) in [6.45, 7) is 5.57. The number of rotatable bonds is 5. The van der Waals surface area contributed by atoms with Crippen LogP contribution in [0.4, 0.5) is 0 Å². The van der Waals surface area contributed by atoms with Gasteiger partial charge in [-0.05, 0) is 37.7 Å². The van der Waals surface area contributed by atoms with Crippen molar-refractivity contribution < 1.29 is 9.53 Å². The maximum Gasteiger partial charge on any atom is 0.237 e. The van der Waals surface area contributed by atoms with Crippen LogP contribution in [0.15, 0.2) is 30.3 Å². The molecule has 2 fully saturated rings. The first-order valence-corrected chi connectivity index (χ1v) is 9.08. The van der Waals surface area contributed by atoms with Crippen LogP contribution < -0.4 is 11.1 Å². The van der Waals surface area contributed by atoms with Crippen molar-refractivity contribution in [3.8, 4) is 0 Å². The number of carbonyl (C=O) groups is 1. The molecule has 1 amide bonds. The van der Waals surface area contributed by atoms with Crippen LogP contribution in [0.5, 0.6) is 0 Å². The van der Waals surface area contributed by atoms with Crippen LogP contribution >= 0.6 is 24.8 Å². The number of amides is 1. The Hall–Kier alpha value is -0.850. The number of carbonyl (C=O) groups excluding carboxylic acids is 1. The molecule has 0 aromatic heterocycles. The Morgan fingerprint density at radius 1 is 1.19 bits per heavy atom. The van der Waals surface area contributed by atoms with E-state index in [1.165, 1.54) is 5.56 Å². The van der Waals surface area contributed by atoms with Crippen molar-refractivity contribution >= 4 is 30.7 Å². The second kappa shape index (κ2) is 11.1. The minimum absolute atomic E-state index is 0. The molecule has 0 bridgehead atoms. The standard InChI is InChI=1S/C19H29N3O2.2ClH/c1-14(15-5-3-2-4-6-15)22-10-7-17(13-22)21-19(23)18(20)16-8-11-24-12-9-16;;/h2-6,14,16-18H,7-13,20H2,1H3,(H,21,23);2*1H. The molecule has 1 aromatic carbocycles. The summed E-state index contributed by atoms with van der Waals surface area (Å²) in [7, 11) is 0. The van der Waals surface area contributed by atoms with E-state index in [2.05, 4.69) is 41.4 Å². The lowest BCUT2D eigenvalue weighted by atomic mass is 9.91. The first-order valence-electron chi connectivity index (χ1n) is 9.08. The Kier molecular flexibility index (Phi) is 9.90. The van der Waals surface area contributed by atoms with Gasteiger partial charge in [-0.1, -0.05) is 30.3 Å². The average molecular weight is 404 g/mol. The summed E-state index contributed by atoms with van der Waals surface area (Å²) in [5, 5.41) is 3.17. The van der Waals surface area contributed by atoms with Gasteiger partial charge in [-0.25, -0.2) is 0 Å². The molecule has 2 aliphatic rings. The van der Waals surface area contributed by atoms with E-state index in [1.54, 1.807) is 0 Å². The van der Waals surface area contributed by atoms with Gasteiger partial charge >= 0.3 is 0 Å². The maximum atomic E-state index is 12.4. The zero-order valence-electron chi connectivity index (χ0n) is 15.3. The molecule has 2 saturated heterocycles. The van der Waals surface area contributed by atoms with Crippen LogP contribution in [-0.2, 0) is 9.53 Å². The third kappa shape index (κ3) is 5.83. The van der Waals surface area contributed by atoms with E-state index in [1.807, 2.05) is 6.07 Å². The summed E-state index contributed by atoms with van der Waals surface area (Å²) in [6, 6.07) is 10.7. The quantitative estimate of drug-likeness (QED) is 0.792. The molecule has 0 spiro atoms. The average Bonchev–Trinajstić information content (AvgIpc) is 3.10. The Balaban J connectivity index is 0.00000169. The molecule has 2 aliphatic heterocycles. The molecule has 3 rings (SSSR count). The molecule has 5 nitrogen and oxygen atoms in total. The number of hydrogen-bond donors (Lipinski definition) is 2. The lowest BCUT2D eigenvalue weighted by Gasteiger charge is -2.28. The van der Waals surface area contributed by atoms with E-state index in [-0.39, 0.29) is 42.7 Å². The fourth-order valence-electron chi connectivity index (χ4n) is 3.79. The monoisotopic (exact) mass is 403 g/mol. The summed E-state index contributed by atoms with van der Waals surface area (Å²) in [5.41, 5.74) is 7.50. The minimum Gasteiger partial charge on any atom is -0.381 e. The molecular formula is C19H31Cl2N3O2. The highest BCUT2D eigenvalue weighted by Gasteiger charge is 2.31. The molecule has 148 valence electrons. The number of ether oxygens (including phenoxy) is 1. The Labute approximate surface area is 168 Å². The summed E-state index contributed by atoms with van der Waals surface area (Å²) in [4.78, 5) is 14.9. The molecule has 0 radical (unpaired) electrons. The fourth-order valence-corrected chi connectivity index (χ4v) is 3.79. The molecule has 7 heteroatoms. The van der Waals surface area contributed by atoms with Gasteiger partial charge in [-0.15, -0.1) is 24.8 Å². The third-order valence-electron chi connectivity index (χ3n) is 5.47. The van der Waals surface area contributed by atoms with Gasteiger partial charge in [-0.2, -0.15) is 0 Å². The van der Waals surface area contributed by atoms with Gasteiger partial charge in [0.05, 0.1) is 6.04 Å². The SMILES string of the molecule is CC(c1ccccc1)N1CCC(NC(=O)C(N)C2CCOCC2)C1.Cl.Cl. The van der Waals surface area contributed by atoms with Crippen molar-refractivity contribution in [1.82, 2.24) is 10.2 Å². The molecule has 3 unspecified atom stereocenters. The number of halogens is 2. The van der Waals surface area contributed by atoms with Gasteiger partial charge in [0.2, 0.25) is 5.91 Å². The van der Waals surface area contributed by atoms with Gasteiger partial charge in [-0.3, -0.25) is 9.69 Å². The molecule has 0 saturated carbocycles. The zero-order valence-corrected chi connectivity index (χ0v) is 16.9. The summed E-state index contributed by atoms with van der Waals surface area (Å²) in [6.07, 6.45) is 2.76. The van der Waals surface area contributed by atoms with Crippen molar-refractivity contribution in [2.24, 2.45) is 11.7 Å². The third-order valence-corrected chi connectivity index (χ3v) is 5.47. The molecule has 2 heterocycles. The molecule has 1 aromatic rings. The number of likely N-dealkylation sites (tertiary alicyclic amines) is 1. The van der Waals surface area contributed by atoms with Gasteiger partial charge in [0.25, 0.3) is 0 Å². The van der Waals surface area contributed by atoms with Crippen molar-refractivity contribution in [1.29, 1.82) is 0 Å². The van der Waals surface area contributed by atoms with Gasteiger partial charge < -0.3 is 15.8 Å². The van der Waals surface area contributed by atoms with E-state index in [4.69, 9.17) is 10.5 Å². The topological polar surface area (TPSA) is 67.6 Å². The summed E-state index contributed by atoms with van der Waals surface area (Å²) in [5.74, 6) is 0.251. The number of nitrogens with two attached hydrogens (primary N) is 1. The van der Waals surface area contributed by atoms with Crippen molar-refractivity contribution in [3.63, 3.8) is 0 Å². The molecular weight excluding hydrogens is 373 g/mol. The highest BCUT2D eigenvalue weighted by atomic mass is 35.5. The maximum absolute atomic E-state index is 12.4.